The first-order valence-corrected chi connectivity index (χ1v) is 6.67. The van der Waals surface area contributed by atoms with Crippen LogP contribution in [0, 0.1) is 12.7 Å². The van der Waals surface area contributed by atoms with E-state index in [1.165, 1.54) is 12.1 Å². The van der Waals surface area contributed by atoms with Crippen molar-refractivity contribution in [3.05, 3.63) is 53.6 Å². The molecule has 1 heterocycles. The van der Waals surface area contributed by atoms with E-state index >= 15 is 0 Å². The molecule has 0 saturated heterocycles. The number of aromatic nitrogens is 1. The monoisotopic (exact) mass is 274 g/mol. The van der Waals surface area contributed by atoms with Crippen LogP contribution in [-0.4, -0.2) is 11.0 Å². The number of benzene rings is 1. The molecule has 0 spiro atoms. The van der Waals surface area contributed by atoms with Gasteiger partial charge in [-0.3, -0.25) is 4.98 Å². The molecule has 3 nitrogen and oxygen atoms in total. The molecule has 106 valence electrons. The first kappa shape index (κ1) is 14.5. The molecular weight excluding hydrogens is 255 g/mol. The second-order valence-corrected chi connectivity index (χ2v) is 5.03. The average Bonchev–Trinajstić information content (AvgIpc) is 2.40. The summed E-state index contributed by atoms with van der Waals surface area (Å²) in [6, 6.07) is 8.57. The van der Waals surface area contributed by atoms with Crippen LogP contribution in [0.25, 0.3) is 0 Å². The number of halogens is 1. The van der Waals surface area contributed by atoms with E-state index in [9.17, 15) is 4.39 Å². The van der Waals surface area contributed by atoms with E-state index in [0.717, 1.165) is 11.3 Å². The highest BCUT2D eigenvalue weighted by atomic mass is 19.1. The Morgan fingerprint density at radius 2 is 2.05 bits per heavy atom. The van der Waals surface area contributed by atoms with E-state index in [2.05, 4.69) is 24.1 Å². The maximum Gasteiger partial charge on any atom is 0.130 e. The molecule has 0 fully saturated rings. The second kappa shape index (κ2) is 6.48. The largest absolute Gasteiger partial charge is 0.457 e. The third kappa shape index (κ3) is 4.03. The molecular formula is C16H19FN2O. The van der Waals surface area contributed by atoms with Gasteiger partial charge in [-0.25, -0.2) is 4.39 Å². The average molecular weight is 274 g/mol. The van der Waals surface area contributed by atoms with Crippen LogP contribution in [-0.2, 0) is 6.54 Å². The summed E-state index contributed by atoms with van der Waals surface area (Å²) in [6.45, 7) is 6.68. The number of hydrogen-bond acceptors (Lipinski definition) is 3. The number of hydrogen-bond donors (Lipinski definition) is 1. The highest BCUT2D eigenvalue weighted by Crippen LogP contribution is 2.25. The molecule has 1 aromatic carbocycles. The normalized spacial score (nSPS) is 10.8. The van der Waals surface area contributed by atoms with Crippen LogP contribution in [0.1, 0.15) is 25.1 Å². The maximum absolute atomic E-state index is 13.1. The minimum atomic E-state index is -0.258. The third-order valence-electron chi connectivity index (χ3n) is 2.84. The van der Waals surface area contributed by atoms with Crippen molar-refractivity contribution < 1.29 is 9.13 Å². The van der Waals surface area contributed by atoms with Crippen molar-refractivity contribution in [2.45, 2.75) is 33.4 Å². The van der Waals surface area contributed by atoms with Crippen molar-refractivity contribution in [2.24, 2.45) is 0 Å². The highest BCUT2D eigenvalue weighted by molar-refractivity contribution is 5.37. The van der Waals surface area contributed by atoms with Gasteiger partial charge in [0.1, 0.15) is 17.3 Å². The Morgan fingerprint density at radius 1 is 1.25 bits per heavy atom. The van der Waals surface area contributed by atoms with Crippen molar-refractivity contribution in [1.29, 1.82) is 0 Å². The lowest BCUT2D eigenvalue weighted by molar-refractivity contribution is 0.473. The lowest BCUT2D eigenvalue weighted by atomic mass is 10.2. The number of pyridine rings is 1. The van der Waals surface area contributed by atoms with Gasteiger partial charge < -0.3 is 10.1 Å². The molecule has 0 radical (unpaired) electrons. The van der Waals surface area contributed by atoms with Gasteiger partial charge in [0, 0.05) is 24.8 Å². The van der Waals surface area contributed by atoms with Gasteiger partial charge in [-0.05, 0) is 36.8 Å². The number of nitrogens with one attached hydrogen (secondary N) is 1. The molecule has 2 aromatic rings. The molecule has 20 heavy (non-hydrogen) atoms. The number of ether oxygens (including phenoxy) is 1. The highest BCUT2D eigenvalue weighted by Gasteiger charge is 2.04. The van der Waals surface area contributed by atoms with E-state index in [0.29, 0.717) is 24.1 Å². The molecule has 0 aliphatic rings. The Bertz CT molecular complexity index is 584. The molecule has 2 rings (SSSR count). The van der Waals surface area contributed by atoms with E-state index in [-0.39, 0.29) is 5.82 Å². The predicted octanol–water partition coefficient (Wildman–Crippen LogP) is 3.82. The number of aryl methyl sites for hydroxylation is 1. The molecule has 0 amide bonds. The summed E-state index contributed by atoms with van der Waals surface area (Å²) in [6.07, 6.45) is 1.71. The molecule has 0 aliphatic heterocycles. The topological polar surface area (TPSA) is 34.1 Å². The van der Waals surface area contributed by atoms with Crippen molar-refractivity contribution in [1.82, 2.24) is 10.3 Å². The lowest BCUT2D eigenvalue weighted by Gasteiger charge is -2.11. The summed E-state index contributed by atoms with van der Waals surface area (Å²) in [7, 11) is 0. The smallest absolute Gasteiger partial charge is 0.130 e. The first-order valence-electron chi connectivity index (χ1n) is 6.67. The fourth-order valence-electron chi connectivity index (χ4n) is 1.78. The van der Waals surface area contributed by atoms with Gasteiger partial charge in [-0.1, -0.05) is 13.8 Å². The van der Waals surface area contributed by atoms with Crippen LogP contribution in [0.5, 0.6) is 11.5 Å². The third-order valence-corrected chi connectivity index (χ3v) is 2.84. The minimum Gasteiger partial charge on any atom is -0.457 e. The first-order chi connectivity index (χ1) is 9.54. The van der Waals surface area contributed by atoms with Gasteiger partial charge in [-0.2, -0.15) is 0 Å². The fraction of sp³-hybridized carbons (Fsp3) is 0.312. The molecule has 1 aromatic heterocycles. The summed E-state index contributed by atoms with van der Waals surface area (Å²) in [5.41, 5.74) is 1.68. The van der Waals surface area contributed by atoms with E-state index < -0.39 is 0 Å². The van der Waals surface area contributed by atoms with Gasteiger partial charge in [0.2, 0.25) is 0 Å². The maximum atomic E-state index is 13.1. The van der Waals surface area contributed by atoms with Gasteiger partial charge in [-0.15, -0.1) is 0 Å². The second-order valence-electron chi connectivity index (χ2n) is 5.03. The summed E-state index contributed by atoms with van der Waals surface area (Å²) >= 11 is 0. The van der Waals surface area contributed by atoms with E-state index in [1.54, 1.807) is 18.3 Å². The zero-order valence-electron chi connectivity index (χ0n) is 12.0. The summed E-state index contributed by atoms with van der Waals surface area (Å²) < 4.78 is 18.8. The van der Waals surface area contributed by atoms with E-state index in [4.69, 9.17) is 4.74 Å². The zero-order chi connectivity index (χ0) is 14.5. The van der Waals surface area contributed by atoms with Crippen molar-refractivity contribution >= 4 is 0 Å². The zero-order valence-corrected chi connectivity index (χ0v) is 12.0. The molecule has 1 N–H and O–H groups in total. The Balaban J connectivity index is 2.11. The summed E-state index contributed by atoms with van der Waals surface area (Å²) in [4.78, 5) is 4.29. The standard InChI is InChI=1S/C16H19FN2O/c1-11(2)19-10-14-9-15(6-7-18-14)20-16-5-4-13(17)8-12(16)3/h4-9,11,19H,10H2,1-3H3. The van der Waals surface area contributed by atoms with Gasteiger partial charge in [0.15, 0.2) is 0 Å². The van der Waals surface area contributed by atoms with Crippen LogP contribution in [0.3, 0.4) is 0 Å². The van der Waals surface area contributed by atoms with Gasteiger partial charge in [0.05, 0.1) is 5.69 Å². The fourth-order valence-corrected chi connectivity index (χ4v) is 1.78. The van der Waals surface area contributed by atoms with Crippen molar-refractivity contribution in [3.63, 3.8) is 0 Å². The van der Waals surface area contributed by atoms with Crippen molar-refractivity contribution in [2.75, 3.05) is 0 Å². The van der Waals surface area contributed by atoms with Crippen LogP contribution in [0.2, 0.25) is 0 Å². The van der Waals surface area contributed by atoms with Crippen molar-refractivity contribution in [3.8, 4) is 11.5 Å². The number of rotatable bonds is 5. The molecule has 0 saturated carbocycles. The molecule has 0 unspecified atom stereocenters. The predicted molar refractivity (Wildman–Crippen MR) is 77.4 cm³/mol. The Hall–Kier alpha value is -1.94. The van der Waals surface area contributed by atoms with E-state index in [1.807, 2.05) is 13.0 Å². The van der Waals surface area contributed by atoms with Crippen LogP contribution in [0.4, 0.5) is 4.39 Å². The van der Waals surface area contributed by atoms with Crippen LogP contribution in [0.15, 0.2) is 36.5 Å². The Labute approximate surface area is 118 Å². The van der Waals surface area contributed by atoms with Crippen LogP contribution < -0.4 is 10.1 Å². The molecule has 4 heteroatoms. The summed E-state index contributed by atoms with van der Waals surface area (Å²) in [5, 5.41) is 3.30. The van der Waals surface area contributed by atoms with Gasteiger partial charge >= 0.3 is 0 Å². The van der Waals surface area contributed by atoms with Gasteiger partial charge in [0.25, 0.3) is 0 Å². The molecule has 0 atom stereocenters. The van der Waals surface area contributed by atoms with Crippen LogP contribution >= 0.6 is 0 Å². The lowest BCUT2D eigenvalue weighted by Crippen LogP contribution is -2.22. The quantitative estimate of drug-likeness (QED) is 0.900. The SMILES string of the molecule is Cc1cc(F)ccc1Oc1ccnc(CNC(C)C)c1. The minimum absolute atomic E-state index is 0.258. The number of nitrogens with zero attached hydrogens (tertiary/aromatic N) is 1. The molecule has 0 bridgehead atoms. The Kier molecular flexibility index (Phi) is 4.69. The Morgan fingerprint density at radius 3 is 2.75 bits per heavy atom. The molecule has 0 aliphatic carbocycles. The summed E-state index contributed by atoms with van der Waals surface area (Å²) in [5.74, 6) is 1.10.